The van der Waals surface area contributed by atoms with E-state index < -0.39 is 25.7 Å². The lowest BCUT2D eigenvalue weighted by Gasteiger charge is -2.00. The molecule has 76 valence electrons. The highest BCUT2D eigenvalue weighted by atomic mass is 32.3. The van der Waals surface area contributed by atoms with Crippen molar-refractivity contribution in [3.63, 3.8) is 0 Å². The molecule has 0 atom stereocenters. The fraction of sp³-hybridized carbons (Fsp3) is 0.143. The molecule has 0 spiro atoms. The predicted molar refractivity (Wildman–Crippen MR) is 46.1 cm³/mol. The van der Waals surface area contributed by atoms with Crippen molar-refractivity contribution >= 4 is 15.9 Å². The van der Waals surface area contributed by atoms with Crippen molar-refractivity contribution in [1.29, 1.82) is 0 Å². The molecule has 0 aliphatic carbocycles. The van der Waals surface area contributed by atoms with Crippen LogP contribution in [0.15, 0.2) is 23.1 Å². The molecular formula is C7H6FNO4S. The van der Waals surface area contributed by atoms with Gasteiger partial charge in [-0.1, -0.05) is 6.07 Å². The molecule has 0 radical (unpaired) electrons. The van der Waals surface area contributed by atoms with Crippen LogP contribution < -0.4 is 0 Å². The minimum Gasteiger partial charge on any atom is -0.258 e. The van der Waals surface area contributed by atoms with E-state index in [2.05, 4.69) is 0 Å². The Morgan fingerprint density at radius 1 is 1.43 bits per heavy atom. The highest BCUT2D eigenvalue weighted by molar-refractivity contribution is 7.86. The van der Waals surface area contributed by atoms with Crippen LogP contribution in [-0.2, 0) is 10.2 Å². The van der Waals surface area contributed by atoms with Crippen molar-refractivity contribution in [2.45, 2.75) is 11.8 Å². The maximum atomic E-state index is 12.6. The molecule has 0 fully saturated rings. The monoisotopic (exact) mass is 219 g/mol. The van der Waals surface area contributed by atoms with Gasteiger partial charge in [0.1, 0.15) is 4.90 Å². The maximum absolute atomic E-state index is 12.6. The van der Waals surface area contributed by atoms with Crippen molar-refractivity contribution < 1.29 is 17.2 Å². The van der Waals surface area contributed by atoms with Crippen molar-refractivity contribution in [3.8, 4) is 0 Å². The summed E-state index contributed by atoms with van der Waals surface area (Å²) in [5.74, 6) is 0. The van der Waals surface area contributed by atoms with Gasteiger partial charge in [0, 0.05) is 11.6 Å². The van der Waals surface area contributed by atoms with Crippen LogP contribution in [-0.4, -0.2) is 13.3 Å². The summed E-state index contributed by atoms with van der Waals surface area (Å²) in [5, 5.41) is 10.4. The molecule has 0 amide bonds. The Kier molecular flexibility index (Phi) is 2.52. The van der Waals surface area contributed by atoms with E-state index in [0.717, 1.165) is 18.2 Å². The molecule has 0 bridgehead atoms. The third kappa shape index (κ3) is 1.87. The minimum atomic E-state index is -4.89. The second-order valence-corrected chi connectivity index (χ2v) is 3.91. The molecular weight excluding hydrogens is 213 g/mol. The van der Waals surface area contributed by atoms with Crippen LogP contribution in [0.5, 0.6) is 0 Å². The number of benzene rings is 1. The summed E-state index contributed by atoms with van der Waals surface area (Å²) in [6.45, 7) is 1.19. The predicted octanol–water partition coefficient (Wildman–Crippen LogP) is 1.56. The second kappa shape index (κ2) is 3.33. The van der Waals surface area contributed by atoms with Gasteiger partial charge in [0.2, 0.25) is 0 Å². The summed E-state index contributed by atoms with van der Waals surface area (Å²) in [5.41, 5.74) is -0.608. The van der Waals surface area contributed by atoms with Gasteiger partial charge in [-0.15, -0.1) is 3.89 Å². The number of halogens is 1. The van der Waals surface area contributed by atoms with Crippen LogP contribution in [0, 0.1) is 17.0 Å². The first-order chi connectivity index (χ1) is 6.34. The number of hydrogen-bond donors (Lipinski definition) is 0. The SMILES string of the molecule is Cc1c([N+](=O)[O-])cccc1S(=O)(=O)F. The fourth-order valence-electron chi connectivity index (χ4n) is 1.06. The van der Waals surface area contributed by atoms with Crippen molar-refractivity contribution in [2.75, 3.05) is 0 Å². The van der Waals surface area contributed by atoms with Gasteiger partial charge in [-0.2, -0.15) is 8.42 Å². The van der Waals surface area contributed by atoms with E-state index in [4.69, 9.17) is 0 Å². The quantitative estimate of drug-likeness (QED) is 0.429. The van der Waals surface area contributed by atoms with Gasteiger partial charge in [0.25, 0.3) is 5.69 Å². The van der Waals surface area contributed by atoms with Gasteiger partial charge in [-0.3, -0.25) is 10.1 Å². The highest BCUT2D eigenvalue weighted by Crippen LogP contribution is 2.25. The third-order valence-electron chi connectivity index (χ3n) is 1.71. The number of nitro groups is 1. The average molecular weight is 219 g/mol. The molecule has 0 saturated heterocycles. The molecule has 0 N–H and O–H groups in total. The third-order valence-corrected chi connectivity index (χ3v) is 2.68. The molecule has 14 heavy (non-hydrogen) atoms. The van der Waals surface area contributed by atoms with Crippen molar-refractivity contribution in [2.24, 2.45) is 0 Å². The maximum Gasteiger partial charge on any atom is 0.332 e. The Labute approximate surface area is 79.5 Å². The highest BCUT2D eigenvalue weighted by Gasteiger charge is 2.21. The Balaban J connectivity index is 3.51. The molecule has 5 nitrogen and oxygen atoms in total. The molecule has 1 aromatic rings. The van der Waals surface area contributed by atoms with Crippen molar-refractivity contribution in [1.82, 2.24) is 0 Å². The number of nitro benzene ring substituents is 1. The molecule has 1 rings (SSSR count). The van der Waals surface area contributed by atoms with Crippen LogP contribution in [0.3, 0.4) is 0 Å². The lowest BCUT2D eigenvalue weighted by Crippen LogP contribution is -1.99. The zero-order chi connectivity index (χ0) is 10.9. The van der Waals surface area contributed by atoms with Gasteiger partial charge in [0.05, 0.1) is 4.92 Å². The number of hydrogen-bond acceptors (Lipinski definition) is 4. The smallest absolute Gasteiger partial charge is 0.258 e. The zero-order valence-corrected chi connectivity index (χ0v) is 7.91. The van der Waals surface area contributed by atoms with E-state index in [1.807, 2.05) is 0 Å². The van der Waals surface area contributed by atoms with E-state index in [0.29, 0.717) is 0 Å². The number of rotatable bonds is 2. The molecule has 0 aliphatic heterocycles. The van der Waals surface area contributed by atoms with Crippen molar-refractivity contribution in [3.05, 3.63) is 33.9 Å². The first-order valence-electron chi connectivity index (χ1n) is 3.52. The largest absolute Gasteiger partial charge is 0.332 e. The van der Waals surface area contributed by atoms with Gasteiger partial charge < -0.3 is 0 Å². The second-order valence-electron chi connectivity index (χ2n) is 2.60. The van der Waals surface area contributed by atoms with Crippen LogP contribution in [0.25, 0.3) is 0 Å². The Bertz CT molecular complexity index is 482. The summed E-state index contributed by atoms with van der Waals surface area (Å²) in [6.07, 6.45) is 0. The lowest BCUT2D eigenvalue weighted by atomic mass is 10.2. The lowest BCUT2D eigenvalue weighted by molar-refractivity contribution is -0.385. The Hall–Kier alpha value is -1.50. The summed E-state index contributed by atoms with van der Waals surface area (Å²) < 4.78 is 33.7. The van der Waals surface area contributed by atoms with E-state index in [1.165, 1.54) is 6.92 Å². The van der Waals surface area contributed by atoms with Gasteiger partial charge in [-0.05, 0) is 13.0 Å². The van der Waals surface area contributed by atoms with Crippen LogP contribution in [0.1, 0.15) is 5.56 Å². The zero-order valence-electron chi connectivity index (χ0n) is 7.10. The standard InChI is InChI=1S/C7H6FNO4S/c1-5-6(9(10)11)3-2-4-7(5)14(8,12)13/h2-4H,1H3. The Morgan fingerprint density at radius 3 is 2.43 bits per heavy atom. The van der Waals surface area contributed by atoms with E-state index in [9.17, 15) is 22.4 Å². The summed E-state index contributed by atoms with van der Waals surface area (Å²) in [6, 6.07) is 3.22. The molecule has 0 aromatic heterocycles. The summed E-state index contributed by atoms with van der Waals surface area (Å²) in [7, 11) is -4.89. The van der Waals surface area contributed by atoms with Gasteiger partial charge >= 0.3 is 10.2 Å². The minimum absolute atomic E-state index is 0.194. The van der Waals surface area contributed by atoms with Crippen LogP contribution >= 0.6 is 0 Å². The van der Waals surface area contributed by atoms with Crippen LogP contribution in [0.2, 0.25) is 0 Å². The molecule has 0 heterocycles. The first-order valence-corrected chi connectivity index (χ1v) is 4.91. The van der Waals surface area contributed by atoms with Crippen LogP contribution in [0.4, 0.5) is 9.57 Å². The molecule has 0 aliphatic rings. The number of nitrogens with zero attached hydrogens (tertiary/aromatic N) is 1. The molecule has 0 saturated carbocycles. The summed E-state index contributed by atoms with van der Waals surface area (Å²) in [4.78, 5) is 8.97. The topological polar surface area (TPSA) is 77.3 Å². The average Bonchev–Trinajstić information content (AvgIpc) is 2.01. The molecule has 1 aromatic carbocycles. The fourth-order valence-corrected chi connectivity index (χ4v) is 1.78. The molecule has 0 unspecified atom stereocenters. The molecule has 7 heteroatoms. The van der Waals surface area contributed by atoms with E-state index in [1.54, 1.807) is 0 Å². The Morgan fingerprint density at radius 2 is 2.00 bits per heavy atom. The van der Waals surface area contributed by atoms with E-state index in [-0.39, 0.29) is 5.56 Å². The van der Waals surface area contributed by atoms with Gasteiger partial charge in [0.15, 0.2) is 0 Å². The van der Waals surface area contributed by atoms with E-state index >= 15 is 0 Å². The van der Waals surface area contributed by atoms with Gasteiger partial charge in [-0.25, -0.2) is 0 Å². The first kappa shape index (κ1) is 10.6. The normalized spacial score (nSPS) is 11.3. The summed E-state index contributed by atoms with van der Waals surface area (Å²) >= 11 is 0.